The number of aliphatic hydroxyl groups excluding tert-OH is 1. The Labute approximate surface area is 232 Å². The zero-order valence-corrected chi connectivity index (χ0v) is 22.7. The molecule has 0 bridgehead atoms. The lowest BCUT2D eigenvalue weighted by Crippen LogP contribution is -2.44. The first-order valence-electron chi connectivity index (χ1n) is 14.0. The smallest absolute Gasteiger partial charge is 0.387 e. The van der Waals surface area contributed by atoms with Crippen molar-refractivity contribution >= 4 is 17.6 Å². The highest BCUT2D eigenvalue weighted by Crippen LogP contribution is 2.45. The molecule has 0 aromatic heterocycles. The maximum Gasteiger partial charge on any atom is 0.387 e. The molecule has 0 spiro atoms. The molecule has 1 saturated heterocycles. The predicted molar refractivity (Wildman–Crippen MR) is 148 cm³/mol. The van der Waals surface area contributed by atoms with Crippen LogP contribution in [0.25, 0.3) is 0 Å². The molecule has 3 unspecified atom stereocenters. The highest BCUT2D eigenvalue weighted by molar-refractivity contribution is 6.15. The van der Waals surface area contributed by atoms with E-state index in [-0.39, 0.29) is 35.3 Å². The Morgan fingerprint density at radius 3 is 2.45 bits per heavy atom. The van der Waals surface area contributed by atoms with Crippen molar-refractivity contribution < 1.29 is 28.2 Å². The first-order valence-corrected chi connectivity index (χ1v) is 14.0. The second kappa shape index (κ2) is 12.3. The molecular formula is C30H36F2N4O4. The summed E-state index contributed by atoms with van der Waals surface area (Å²) in [7, 11) is 1.39. The molecule has 2 fully saturated rings. The largest absolute Gasteiger partial charge is 0.493 e. The molecule has 3 aliphatic rings. The number of ether oxygens (including phenoxy) is 2. The number of likely N-dealkylation sites (tertiary alicyclic amines) is 1. The maximum atomic E-state index is 13.1. The van der Waals surface area contributed by atoms with Crippen LogP contribution in [0.1, 0.15) is 84.3 Å². The summed E-state index contributed by atoms with van der Waals surface area (Å²) >= 11 is 0. The van der Waals surface area contributed by atoms with E-state index >= 15 is 0 Å². The van der Waals surface area contributed by atoms with Gasteiger partial charge in [0.25, 0.3) is 5.91 Å². The summed E-state index contributed by atoms with van der Waals surface area (Å²) in [6.45, 7) is -1.46. The summed E-state index contributed by atoms with van der Waals surface area (Å²) in [5.41, 5.74) is 3.38. The van der Waals surface area contributed by atoms with Crippen LogP contribution in [0.2, 0.25) is 0 Å². The van der Waals surface area contributed by atoms with Crippen LogP contribution in [0.3, 0.4) is 0 Å². The number of aliphatic imine (C=N–C) groups is 1. The van der Waals surface area contributed by atoms with Crippen molar-refractivity contribution in [2.24, 2.45) is 4.99 Å². The van der Waals surface area contributed by atoms with E-state index in [1.54, 1.807) is 24.3 Å². The number of carbonyl (C=O) groups is 1. The molecule has 3 N–H and O–H groups in total. The normalized spacial score (nSPS) is 22.8. The van der Waals surface area contributed by atoms with Crippen LogP contribution in [0, 0.1) is 5.41 Å². The summed E-state index contributed by atoms with van der Waals surface area (Å²) in [5, 5.41) is 21.5. The van der Waals surface area contributed by atoms with E-state index in [0.717, 1.165) is 55.5 Å². The number of methoxy groups -OCH3 is 1. The van der Waals surface area contributed by atoms with Gasteiger partial charge in [0.05, 0.1) is 25.0 Å². The Morgan fingerprint density at radius 1 is 1.07 bits per heavy atom. The standard InChI is InChI=1S/C30H36F2N4O4/c1-39-25-17-23-21(16-26(25)40-29(31)32)22-15-20(37)11-12-24(22)34-27(23)18-7-9-19(10-8-18)28(38)35-30(33)36-13-5-3-2-4-6-14-36/h7-10,16-17,20,22,24,29,37H,2-6,11-15H2,1H3,(H2,33,35,38). The summed E-state index contributed by atoms with van der Waals surface area (Å²) in [6.07, 6.45) is 6.81. The number of halogens is 2. The fourth-order valence-electron chi connectivity index (χ4n) is 6.03. The van der Waals surface area contributed by atoms with Crippen molar-refractivity contribution in [3.63, 3.8) is 0 Å². The third-order valence-electron chi connectivity index (χ3n) is 8.11. The summed E-state index contributed by atoms with van der Waals surface area (Å²) in [5.74, 6) is -0.235. The number of nitrogens with zero attached hydrogens (tertiary/aromatic N) is 2. The molecule has 1 saturated carbocycles. The molecular weight excluding hydrogens is 518 g/mol. The highest BCUT2D eigenvalue weighted by atomic mass is 19.3. The van der Waals surface area contributed by atoms with E-state index in [2.05, 4.69) is 5.32 Å². The average Bonchev–Trinajstić information content (AvgIpc) is 2.92. The minimum atomic E-state index is -3.00. The lowest BCUT2D eigenvalue weighted by atomic mass is 9.74. The van der Waals surface area contributed by atoms with E-state index in [1.807, 2.05) is 17.0 Å². The number of amides is 1. The van der Waals surface area contributed by atoms with Gasteiger partial charge in [-0.05, 0) is 61.9 Å². The average molecular weight is 555 g/mol. The van der Waals surface area contributed by atoms with Gasteiger partial charge in [-0.2, -0.15) is 8.78 Å². The predicted octanol–water partition coefficient (Wildman–Crippen LogP) is 5.08. The molecule has 8 nitrogen and oxygen atoms in total. The molecule has 1 aliphatic carbocycles. The summed E-state index contributed by atoms with van der Waals surface area (Å²) in [4.78, 5) is 19.9. The molecule has 2 aliphatic heterocycles. The van der Waals surface area contributed by atoms with Gasteiger partial charge in [0.1, 0.15) is 0 Å². The molecule has 3 atom stereocenters. The van der Waals surface area contributed by atoms with Crippen LogP contribution in [0.4, 0.5) is 8.78 Å². The number of nitrogens with one attached hydrogen (secondary N) is 2. The fourth-order valence-corrected chi connectivity index (χ4v) is 6.03. The Kier molecular flexibility index (Phi) is 8.63. The SMILES string of the molecule is COc1cc2c(cc1OC(F)F)C1CC(O)CCC1N=C2c1ccc(C(=O)NC(=N)N2CCCCCCC2)cc1. The Balaban J connectivity index is 1.40. The van der Waals surface area contributed by atoms with E-state index in [1.165, 1.54) is 13.5 Å². The lowest BCUT2D eigenvalue weighted by molar-refractivity contribution is -0.0513. The molecule has 214 valence electrons. The number of alkyl halides is 2. The molecule has 0 radical (unpaired) electrons. The monoisotopic (exact) mass is 554 g/mol. The number of benzene rings is 2. The van der Waals surface area contributed by atoms with Gasteiger partial charge in [-0.3, -0.25) is 20.5 Å². The number of fused-ring (bicyclic) bond motifs is 3. The number of hydrogen-bond acceptors (Lipinski definition) is 6. The molecule has 2 aromatic carbocycles. The maximum absolute atomic E-state index is 13.1. The summed E-state index contributed by atoms with van der Waals surface area (Å²) in [6, 6.07) is 10.2. The van der Waals surface area contributed by atoms with Crippen LogP contribution in [0.15, 0.2) is 41.4 Å². The van der Waals surface area contributed by atoms with E-state index in [9.17, 15) is 18.7 Å². The van der Waals surface area contributed by atoms with E-state index < -0.39 is 12.7 Å². The molecule has 2 heterocycles. The Hall–Kier alpha value is -3.53. The number of aliphatic hydroxyl groups is 1. The van der Waals surface area contributed by atoms with Gasteiger partial charge >= 0.3 is 6.61 Å². The fraction of sp³-hybridized carbons (Fsp3) is 0.500. The van der Waals surface area contributed by atoms with Crippen molar-refractivity contribution in [2.75, 3.05) is 20.2 Å². The third kappa shape index (κ3) is 6.11. The van der Waals surface area contributed by atoms with Crippen molar-refractivity contribution in [3.8, 4) is 11.5 Å². The highest BCUT2D eigenvalue weighted by Gasteiger charge is 2.37. The third-order valence-corrected chi connectivity index (χ3v) is 8.11. The van der Waals surface area contributed by atoms with Gasteiger partial charge in [0.2, 0.25) is 0 Å². The van der Waals surface area contributed by atoms with Crippen molar-refractivity contribution in [1.82, 2.24) is 10.2 Å². The first kappa shape index (κ1) is 28.0. The number of carbonyl (C=O) groups excluding carboxylic acids is 1. The molecule has 1 amide bonds. The molecule has 5 rings (SSSR count). The van der Waals surface area contributed by atoms with Crippen LogP contribution < -0.4 is 14.8 Å². The quantitative estimate of drug-likeness (QED) is 0.353. The van der Waals surface area contributed by atoms with Gasteiger partial charge in [-0.15, -0.1) is 0 Å². The topological polar surface area (TPSA) is 107 Å². The minimum Gasteiger partial charge on any atom is -0.493 e. The van der Waals surface area contributed by atoms with Crippen LogP contribution in [0.5, 0.6) is 11.5 Å². The Bertz CT molecular complexity index is 1260. The summed E-state index contributed by atoms with van der Waals surface area (Å²) < 4.78 is 36.4. The molecule has 2 aromatic rings. The van der Waals surface area contributed by atoms with Gasteiger partial charge in [0, 0.05) is 35.7 Å². The van der Waals surface area contributed by atoms with Gasteiger partial charge in [-0.1, -0.05) is 31.4 Å². The number of rotatable bonds is 5. The molecule has 10 heteroatoms. The van der Waals surface area contributed by atoms with E-state index in [4.69, 9.17) is 19.9 Å². The number of hydrogen-bond donors (Lipinski definition) is 3. The molecule has 40 heavy (non-hydrogen) atoms. The van der Waals surface area contributed by atoms with Crippen LogP contribution >= 0.6 is 0 Å². The Morgan fingerprint density at radius 2 is 1.77 bits per heavy atom. The second-order valence-electron chi connectivity index (χ2n) is 10.7. The van der Waals surface area contributed by atoms with Gasteiger partial charge in [0.15, 0.2) is 17.5 Å². The van der Waals surface area contributed by atoms with E-state index in [0.29, 0.717) is 30.5 Å². The van der Waals surface area contributed by atoms with Gasteiger partial charge < -0.3 is 19.5 Å². The second-order valence-corrected chi connectivity index (χ2v) is 10.7. The zero-order chi connectivity index (χ0) is 28.2. The van der Waals surface area contributed by atoms with Crippen LogP contribution in [-0.2, 0) is 0 Å². The zero-order valence-electron chi connectivity index (χ0n) is 22.7. The van der Waals surface area contributed by atoms with Crippen molar-refractivity contribution in [1.29, 1.82) is 5.41 Å². The number of guanidine groups is 1. The van der Waals surface area contributed by atoms with Crippen LogP contribution in [-0.4, -0.2) is 66.5 Å². The first-order chi connectivity index (χ1) is 19.3. The van der Waals surface area contributed by atoms with Gasteiger partial charge in [-0.25, -0.2) is 0 Å². The van der Waals surface area contributed by atoms with Crippen molar-refractivity contribution in [3.05, 3.63) is 58.7 Å². The minimum absolute atomic E-state index is 0.0502. The van der Waals surface area contributed by atoms with Crippen molar-refractivity contribution in [2.45, 2.75) is 76.0 Å². The lowest BCUT2D eigenvalue weighted by Gasteiger charge is -2.37.